The van der Waals surface area contributed by atoms with Crippen molar-refractivity contribution in [2.24, 2.45) is 4.99 Å². The molecule has 1 heterocycles. The highest BCUT2D eigenvalue weighted by Gasteiger charge is 2.22. The van der Waals surface area contributed by atoms with E-state index in [9.17, 15) is 4.79 Å². The van der Waals surface area contributed by atoms with E-state index in [1.54, 1.807) is 0 Å². The van der Waals surface area contributed by atoms with Crippen LogP contribution in [0.1, 0.15) is 58.3 Å². The molecule has 0 aliphatic carbocycles. The summed E-state index contributed by atoms with van der Waals surface area (Å²) in [6, 6.07) is 10.1. The molecule has 1 aliphatic rings. The quantitative estimate of drug-likeness (QED) is 0.148. The Bertz CT molecular complexity index is 605. The molecule has 2 rings (SSSR count). The lowest BCUT2D eigenvalue weighted by Crippen LogP contribution is -2.47. The molecule has 0 saturated carbocycles. The summed E-state index contributed by atoms with van der Waals surface area (Å²) < 4.78 is 11.0. The third kappa shape index (κ3) is 10.5. The summed E-state index contributed by atoms with van der Waals surface area (Å²) in [6.45, 7) is 5.18. The molecule has 6 nitrogen and oxygen atoms in total. The summed E-state index contributed by atoms with van der Waals surface area (Å²) in [5, 5.41) is 3.49. The van der Waals surface area contributed by atoms with Crippen LogP contribution in [0.15, 0.2) is 35.3 Å². The molecule has 1 aliphatic heterocycles. The maximum absolute atomic E-state index is 11.3. The van der Waals surface area contributed by atoms with Crippen LogP contribution in [0.3, 0.4) is 0 Å². The summed E-state index contributed by atoms with van der Waals surface area (Å²) in [4.78, 5) is 18.1. The number of ether oxygens (including phenoxy) is 2. The molecular weight excluding hydrogens is 493 g/mol. The predicted molar refractivity (Wildman–Crippen MR) is 133 cm³/mol. The molecule has 1 fully saturated rings. The van der Waals surface area contributed by atoms with Gasteiger partial charge in [0, 0.05) is 45.9 Å². The van der Waals surface area contributed by atoms with Gasteiger partial charge >= 0.3 is 5.97 Å². The first-order chi connectivity index (χ1) is 14.2. The molecule has 0 spiro atoms. The number of para-hydroxylation sites is 1. The molecule has 0 amide bonds. The van der Waals surface area contributed by atoms with Gasteiger partial charge in [-0.05, 0) is 31.9 Å². The van der Waals surface area contributed by atoms with E-state index < -0.39 is 0 Å². The fourth-order valence-electron chi connectivity index (χ4n) is 3.57. The smallest absolute Gasteiger partial charge is 0.305 e. The highest BCUT2D eigenvalue weighted by Crippen LogP contribution is 2.18. The topological polar surface area (TPSA) is 63.2 Å². The minimum Gasteiger partial charge on any atom is -0.490 e. The Morgan fingerprint density at radius 2 is 1.77 bits per heavy atom. The Balaban J connectivity index is 0.00000450. The van der Waals surface area contributed by atoms with Crippen LogP contribution < -0.4 is 10.1 Å². The standard InChI is InChI=1S/C23H37N3O3.HI/c1-3-28-22(27)14-10-5-4-6-11-17-25-23(24-2)26-18-15-21(16-19-26)29-20-12-8-7-9-13-20;/h7-9,12-13,21H,3-6,10-11,14-19H2,1-2H3,(H,24,25);1H. The number of carbonyl (C=O) groups is 1. The molecule has 7 heteroatoms. The van der Waals surface area contributed by atoms with Gasteiger partial charge in [0.25, 0.3) is 0 Å². The van der Waals surface area contributed by atoms with Gasteiger partial charge < -0.3 is 19.7 Å². The summed E-state index contributed by atoms with van der Waals surface area (Å²) in [5.41, 5.74) is 0. The molecule has 1 N–H and O–H groups in total. The molecule has 0 unspecified atom stereocenters. The summed E-state index contributed by atoms with van der Waals surface area (Å²) in [6.07, 6.45) is 8.29. The Morgan fingerprint density at radius 3 is 2.43 bits per heavy atom. The number of nitrogens with zero attached hydrogens (tertiary/aromatic N) is 2. The molecule has 0 radical (unpaired) electrons. The molecular formula is C23H38IN3O3. The van der Waals surface area contributed by atoms with Crippen LogP contribution in [0.25, 0.3) is 0 Å². The zero-order valence-electron chi connectivity index (χ0n) is 18.5. The normalized spacial score (nSPS) is 14.7. The van der Waals surface area contributed by atoms with Gasteiger partial charge in [-0.1, -0.05) is 37.5 Å². The van der Waals surface area contributed by atoms with Crippen LogP contribution in [0, 0.1) is 0 Å². The zero-order chi connectivity index (χ0) is 20.7. The van der Waals surface area contributed by atoms with Crippen LogP contribution in [0.4, 0.5) is 0 Å². The molecule has 0 atom stereocenters. The zero-order valence-corrected chi connectivity index (χ0v) is 20.8. The fraction of sp³-hybridized carbons (Fsp3) is 0.652. The van der Waals surface area contributed by atoms with Crippen molar-refractivity contribution < 1.29 is 14.3 Å². The Morgan fingerprint density at radius 1 is 1.10 bits per heavy atom. The fourth-order valence-corrected chi connectivity index (χ4v) is 3.57. The second-order valence-corrected chi connectivity index (χ2v) is 7.41. The van der Waals surface area contributed by atoms with E-state index in [1.165, 1.54) is 6.42 Å². The number of halogens is 1. The van der Waals surface area contributed by atoms with Crippen molar-refractivity contribution in [3.8, 4) is 5.75 Å². The molecule has 1 aromatic carbocycles. The van der Waals surface area contributed by atoms with E-state index in [-0.39, 0.29) is 36.0 Å². The number of hydrogen-bond acceptors (Lipinski definition) is 4. The number of likely N-dealkylation sites (tertiary alicyclic amines) is 1. The Labute approximate surface area is 198 Å². The number of aliphatic imine (C=N–C) groups is 1. The number of rotatable bonds is 11. The lowest BCUT2D eigenvalue weighted by molar-refractivity contribution is -0.143. The largest absolute Gasteiger partial charge is 0.490 e. The van der Waals surface area contributed by atoms with E-state index in [2.05, 4.69) is 15.2 Å². The highest BCUT2D eigenvalue weighted by molar-refractivity contribution is 14.0. The maximum Gasteiger partial charge on any atom is 0.305 e. The Kier molecular flexibility index (Phi) is 14.3. The number of nitrogens with one attached hydrogen (secondary N) is 1. The first kappa shape index (κ1) is 26.5. The SMILES string of the molecule is CCOC(=O)CCCCCCCNC(=NC)N1CCC(Oc2ccccc2)CC1.I. The number of benzene rings is 1. The van der Waals surface area contributed by atoms with Crippen molar-refractivity contribution in [2.75, 3.05) is 33.3 Å². The van der Waals surface area contributed by atoms with Gasteiger partial charge in [-0.15, -0.1) is 24.0 Å². The van der Waals surface area contributed by atoms with Gasteiger partial charge in [0.15, 0.2) is 5.96 Å². The first-order valence-corrected chi connectivity index (χ1v) is 11.1. The minimum atomic E-state index is -0.0732. The monoisotopic (exact) mass is 531 g/mol. The van der Waals surface area contributed by atoms with Crippen molar-refractivity contribution in [2.45, 2.75) is 64.4 Å². The van der Waals surface area contributed by atoms with Gasteiger partial charge in [-0.3, -0.25) is 9.79 Å². The van der Waals surface area contributed by atoms with E-state index in [4.69, 9.17) is 9.47 Å². The molecule has 0 bridgehead atoms. The van der Waals surface area contributed by atoms with Gasteiger partial charge in [-0.25, -0.2) is 0 Å². The maximum atomic E-state index is 11.3. The van der Waals surface area contributed by atoms with Gasteiger partial charge in [0.2, 0.25) is 0 Å². The lowest BCUT2D eigenvalue weighted by Gasteiger charge is -2.34. The third-order valence-corrected chi connectivity index (χ3v) is 5.15. The molecule has 1 saturated heterocycles. The van der Waals surface area contributed by atoms with Crippen molar-refractivity contribution in [1.82, 2.24) is 10.2 Å². The predicted octanol–water partition coefficient (Wildman–Crippen LogP) is 4.63. The number of carbonyl (C=O) groups excluding carboxylic acids is 1. The molecule has 30 heavy (non-hydrogen) atoms. The second kappa shape index (κ2) is 16.2. The molecule has 170 valence electrons. The minimum absolute atomic E-state index is 0. The summed E-state index contributed by atoms with van der Waals surface area (Å²) >= 11 is 0. The van der Waals surface area contributed by atoms with Crippen LogP contribution in [0.2, 0.25) is 0 Å². The van der Waals surface area contributed by atoms with Crippen LogP contribution in [-0.4, -0.2) is 56.2 Å². The highest BCUT2D eigenvalue weighted by atomic mass is 127. The number of hydrogen-bond donors (Lipinski definition) is 1. The van der Waals surface area contributed by atoms with E-state index in [1.807, 2.05) is 44.3 Å². The van der Waals surface area contributed by atoms with Crippen LogP contribution >= 0.6 is 24.0 Å². The van der Waals surface area contributed by atoms with Gasteiger partial charge in [-0.2, -0.15) is 0 Å². The Hall–Kier alpha value is -1.51. The summed E-state index contributed by atoms with van der Waals surface area (Å²) in [7, 11) is 1.85. The second-order valence-electron chi connectivity index (χ2n) is 7.41. The van der Waals surface area contributed by atoms with Crippen molar-refractivity contribution in [3.63, 3.8) is 0 Å². The van der Waals surface area contributed by atoms with Crippen LogP contribution in [-0.2, 0) is 9.53 Å². The molecule has 0 aromatic heterocycles. The van der Waals surface area contributed by atoms with Crippen LogP contribution in [0.5, 0.6) is 5.75 Å². The van der Waals surface area contributed by atoms with E-state index in [0.717, 1.165) is 69.9 Å². The third-order valence-electron chi connectivity index (χ3n) is 5.15. The summed E-state index contributed by atoms with van der Waals surface area (Å²) in [5.74, 6) is 1.87. The number of unbranched alkanes of at least 4 members (excludes halogenated alkanes) is 4. The van der Waals surface area contributed by atoms with Gasteiger partial charge in [0.05, 0.1) is 6.61 Å². The average molecular weight is 531 g/mol. The number of guanidine groups is 1. The van der Waals surface area contributed by atoms with Crippen molar-refractivity contribution in [3.05, 3.63) is 30.3 Å². The van der Waals surface area contributed by atoms with E-state index in [0.29, 0.717) is 13.0 Å². The lowest BCUT2D eigenvalue weighted by atomic mass is 10.1. The number of esters is 1. The first-order valence-electron chi connectivity index (χ1n) is 11.1. The molecule has 1 aromatic rings. The van der Waals surface area contributed by atoms with Gasteiger partial charge in [0.1, 0.15) is 11.9 Å². The van der Waals surface area contributed by atoms with E-state index >= 15 is 0 Å². The average Bonchev–Trinajstić information content (AvgIpc) is 2.74. The number of piperidine rings is 1. The van der Waals surface area contributed by atoms with Crippen molar-refractivity contribution in [1.29, 1.82) is 0 Å². The van der Waals surface area contributed by atoms with Crippen molar-refractivity contribution >= 4 is 35.9 Å².